The zero-order valence-corrected chi connectivity index (χ0v) is 10.3. The SMILES string of the molecule is CCC(=O)OCS(=O)(=O)O.[K]. The molecule has 0 amide bonds. The van der Waals surface area contributed by atoms with Crippen LogP contribution in [0.5, 0.6) is 0 Å². The van der Waals surface area contributed by atoms with Crippen molar-refractivity contribution in [1.82, 2.24) is 0 Å². The van der Waals surface area contributed by atoms with Gasteiger partial charge in [0.1, 0.15) is 0 Å². The van der Waals surface area contributed by atoms with Gasteiger partial charge in [0.2, 0.25) is 5.94 Å². The van der Waals surface area contributed by atoms with Crippen LogP contribution in [0.4, 0.5) is 0 Å². The van der Waals surface area contributed by atoms with Crippen LogP contribution in [0.3, 0.4) is 0 Å². The van der Waals surface area contributed by atoms with Crippen LogP contribution in [0.1, 0.15) is 13.3 Å². The van der Waals surface area contributed by atoms with Crippen LogP contribution in [0.25, 0.3) is 0 Å². The Labute approximate surface area is 108 Å². The first kappa shape index (κ1) is 14.5. The molecular formula is C4H8KO5S. The molecule has 5 nitrogen and oxygen atoms in total. The smallest absolute Gasteiger partial charge is 0.306 e. The van der Waals surface area contributed by atoms with Gasteiger partial charge in [-0.2, -0.15) is 8.42 Å². The van der Waals surface area contributed by atoms with Crippen molar-refractivity contribution in [2.75, 3.05) is 5.94 Å². The molecule has 0 atom stereocenters. The van der Waals surface area contributed by atoms with Crippen molar-refractivity contribution in [2.24, 2.45) is 0 Å². The van der Waals surface area contributed by atoms with Gasteiger partial charge >= 0.3 is 16.1 Å². The van der Waals surface area contributed by atoms with Crippen molar-refractivity contribution in [3.63, 3.8) is 0 Å². The summed E-state index contributed by atoms with van der Waals surface area (Å²) in [6.45, 7) is 1.52. The summed E-state index contributed by atoms with van der Waals surface area (Å²) in [6.07, 6.45) is 0.0928. The van der Waals surface area contributed by atoms with Gasteiger partial charge < -0.3 is 4.74 Å². The third-order valence-corrected chi connectivity index (χ3v) is 1.07. The quantitative estimate of drug-likeness (QED) is 0.380. The van der Waals surface area contributed by atoms with E-state index < -0.39 is 22.0 Å². The second kappa shape index (κ2) is 6.52. The zero-order valence-electron chi connectivity index (χ0n) is 6.40. The van der Waals surface area contributed by atoms with Gasteiger partial charge in [-0.25, -0.2) is 0 Å². The Hall–Kier alpha value is 1.02. The summed E-state index contributed by atoms with van der Waals surface area (Å²) in [6, 6.07) is 0. The van der Waals surface area contributed by atoms with Gasteiger partial charge in [-0.1, -0.05) is 6.92 Å². The molecule has 0 saturated heterocycles. The van der Waals surface area contributed by atoms with Crippen molar-refractivity contribution in [3.05, 3.63) is 0 Å². The largest absolute Gasteiger partial charge is 0.447 e. The third-order valence-electron chi connectivity index (χ3n) is 0.658. The molecule has 0 heterocycles. The van der Waals surface area contributed by atoms with Gasteiger partial charge in [-0.15, -0.1) is 0 Å². The maximum atomic E-state index is 10.3. The molecule has 61 valence electrons. The molecule has 0 aliphatic rings. The molecule has 0 fully saturated rings. The molecule has 0 aromatic carbocycles. The van der Waals surface area contributed by atoms with Gasteiger partial charge in [0.05, 0.1) is 0 Å². The second-order valence-corrected chi connectivity index (χ2v) is 2.97. The predicted octanol–water partition coefficient (Wildman–Crippen LogP) is -0.596. The minimum Gasteiger partial charge on any atom is -0.447 e. The van der Waals surface area contributed by atoms with Crippen LogP contribution in [-0.4, -0.2) is 76.3 Å². The Morgan fingerprint density at radius 1 is 1.55 bits per heavy atom. The van der Waals surface area contributed by atoms with Crippen LogP contribution < -0.4 is 0 Å². The number of ether oxygens (including phenoxy) is 1. The van der Waals surface area contributed by atoms with Crippen molar-refractivity contribution in [2.45, 2.75) is 13.3 Å². The van der Waals surface area contributed by atoms with E-state index in [0.717, 1.165) is 0 Å². The van der Waals surface area contributed by atoms with Gasteiger partial charge in [0, 0.05) is 57.8 Å². The molecule has 7 heteroatoms. The summed E-state index contributed by atoms with van der Waals surface area (Å²) in [5.74, 6) is -1.61. The van der Waals surface area contributed by atoms with Crippen LogP contribution >= 0.6 is 0 Å². The van der Waals surface area contributed by atoms with Gasteiger partial charge in [0.25, 0.3) is 0 Å². The molecule has 11 heavy (non-hydrogen) atoms. The summed E-state index contributed by atoms with van der Waals surface area (Å²) in [4.78, 5) is 10.3. The van der Waals surface area contributed by atoms with E-state index in [9.17, 15) is 13.2 Å². The summed E-state index contributed by atoms with van der Waals surface area (Å²) in [7, 11) is -4.17. The van der Waals surface area contributed by atoms with Crippen LogP contribution in [0.2, 0.25) is 0 Å². The normalized spacial score (nSPS) is 10.0. The maximum absolute atomic E-state index is 10.3. The second-order valence-electron chi connectivity index (χ2n) is 1.57. The summed E-state index contributed by atoms with van der Waals surface area (Å²) in [5.41, 5.74) is 0. The van der Waals surface area contributed by atoms with Crippen molar-refractivity contribution >= 4 is 67.5 Å². The van der Waals surface area contributed by atoms with Crippen molar-refractivity contribution in [1.29, 1.82) is 0 Å². The van der Waals surface area contributed by atoms with E-state index >= 15 is 0 Å². The topological polar surface area (TPSA) is 80.7 Å². The van der Waals surface area contributed by atoms with Crippen molar-refractivity contribution in [3.8, 4) is 0 Å². The molecule has 1 radical (unpaired) electrons. The average Bonchev–Trinajstić information content (AvgIpc) is 1.81. The minimum atomic E-state index is -4.17. The van der Waals surface area contributed by atoms with E-state index in [1.54, 1.807) is 0 Å². The van der Waals surface area contributed by atoms with E-state index in [1.165, 1.54) is 6.92 Å². The average molecular weight is 207 g/mol. The Morgan fingerprint density at radius 2 is 2.00 bits per heavy atom. The third kappa shape index (κ3) is 11.0. The molecule has 0 aliphatic heterocycles. The summed E-state index contributed by atoms with van der Waals surface area (Å²) < 4.78 is 32.0. The molecule has 0 aliphatic carbocycles. The van der Waals surface area contributed by atoms with E-state index in [1.807, 2.05) is 0 Å². The number of hydrogen-bond donors (Lipinski definition) is 1. The fourth-order valence-corrected chi connectivity index (χ4v) is 0.523. The standard InChI is InChI=1S/C4H8O5S.K/c1-2-4(5)9-3-10(6,7)8;/h2-3H2,1H3,(H,6,7,8);. The fourth-order valence-electron chi connectivity index (χ4n) is 0.242. The van der Waals surface area contributed by atoms with E-state index in [0.29, 0.717) is 0 Å². The molecule has 0 spiro atoms. The summed E-state index contributed by atoms with van der Waals surface area (Å²) in [5, 5.41) is 0. The van der Waals surface area contributed by atoms with E-state index in [-0.39, 0.29) is 57.8 Å². The minimum absolute atomic E-state index is 0. The number of hydrogen-bond acceptors (Lipinski definition) is 4. The van der Waals surface area contributed by atoms with Gasteiger partial charge in [-0.05, 0) is 0 Å². The Morgan fingerprint density at radius 3 is 2.27 bits per heavy atom. The molecule has 1 N–H and O–H groups in total. The van der Waals surface area contributed by atoms with Crippen LogP contribution in [-0.2, 0) is 19.6 Å². The predicted molar refractivity (Wildman–Crippen MR) is 38.6 cm³/mol. The Bertz CT molecular complexity index is 209. The first-order chi connectivity index (χ1) is 4.45. The Balaban J connectivity index is 0. The zero-order chi connectivity index (χ0) is 8.20. The van der Waals surface area contributed by atoms with E-state index in [4.69, 9.17) is 4.55 Å². The van der Waals surface area contributed by atoms with Crippen LogP contribution in [0.15, 0.2) is 0 Å². The number of rotatable bonds is 3. The molecule has 0 saturated carbocycles. The monoisotopic (exact) mass is 207 g/mol. The van der Waals surface area contributed by atoms with Crippen molar-refractivity contribution < 1.29 is 22.5 Å². The fraction of sp³-hybridized carbons (Fsp3) is 0.750. The Kier molecular flexibility index (Phi) is 8.62. The molecule has 0 aromatic rings. The molecule has 0 aromatic heterocycles. The molecule has 0 unspecified atom stereocenters. The number of carbonyl (C=O) groups is 1. The maximum Gasteiger partial charge on any atom is 0.306 e. The molecule has 0 rings (SSSR count). The summed E-state index contributed by atoms with van der Waals surface area (Å²) >= 11 is 0. The number of esters is 1. The first-order valence-corrected chi connectivity index (χ1v) is 4.17. The van der Waals surface area contributed by atoms with E-state index in [2.05, 4.69) is 4.74 Å². The van der Waals surface area contributed by atoms with Gasteiger partial charge in [-0.3, -0.25) is 9.35 Å². The van der Waals surface area contributed by atoms with Crippen LogP contribution in [0, 0.1) is 0 Å². The first-order valence-electron chi connectivity index (χ1n) is 2.56. The molecular weight excluding hydrogens is 199 g/mol. The molecule has 0 bridgehead atoms. The van der Waals surface area contributed by atoms with Gasteiger partial charge in [0.15, 0.2) is 0 Å². The number of carbonyl (C=O) groups excluding carboxylic acids is 1.